The van der Waals surface area contributed by atoms with E-state index in [2.05, 4.69) is 25.8 Å². The van der Waals surface area contributed by atoms with Crippen molar-refractivity contribution in [2.45, 2.75) is 13.8 Å². The molecule has 0 spiro atoms. The van der Waals surface area contributed by atoms with Gasteiger partial charge in [0.25, 0.3) is 0 Å². The largest absolute Gasteiger partial charge is 0.312 e. The third-order valence-electron chi connectivity index (χ3n) is 2.29. The van der Waals surface area contributed by atoms with Gasteiger partial charge in [-0.1, -0.05) is 31.9 Å². The van der Waals surface area contributed by atoms with Gasteiger partial charge in [-0.25, -0.2) is 0 Å². The average Bonchev–Trinajstić information content (AvgIpc) is 2.55. The Hall–Kier alpha value is -1.76. The topological polar surface area (TPSA) is 4.93 Å². The van der Waals surface area contributed by atoms with E-state index < -0.39 is 0 Å². The molecule has 0 fully saturated rings. The molecule has 1 aromatic rings. The number of rotatable bonds is 3. The fourth-order valence-corrected chi connectivity index (χ4v) is 1.43. The zero-order valence-electron chi connectivity index (χ0n) is 9.46. The minimum atomic E-state index is 0.946. The van der Waals surface area contributed by atoms with E-state index in [0.29, 0.717) is 0 Å². The molecule has 0 saturated heterocycles. The highest BCUT2D eigenvalue weighted by molar-refractivity contribution is 5.59. The molecule has 1 nitrogen and oxygen atoms in total. The van der Waals surface area contributed by atoms with Crippen molar-refractivity contribution >= 4 is 18.9 Å². The first kappa shape index (κ1) is 11.3. The Morgan fingerprint density at radius 3 is 2.20 bits per heavy atom. The summed E-state index contributed by atoms with van der Waals surface area (Å²) in [5, 5.41) is 1.89. The van der Waals surface area contributed by atoms with Gasteiger partial charge in [-0.2, -0.15) is 0 Å². The SMILES string of the molecule is C=C/C(C)=C\C(=C/C)n1c(=C)ccc1=C. The van der Waals surface area contributed by atoms with Crippen molar-refractivity contribution in [3.05, 3.63) is 53.2 Å². The second-order valence-electron chi connectivity index (χ2n) is 3.46. The molecule has 1 heterocycles. The maximum absolute atomic E-state index is 3.97. The van der Waals surface area contributed by atoms with Gasteiger partial charge in [0.15, 0.2) is 0 Å². The first-order valence-corrected chi connectivity index (χ1v) is 4.93. The highest BCUT2D eigenvalue weighted by Crippen LogP contribution is 2.05. The maximum atomic E-state index is 3.97. The standard InChI is InChI=1S/C14H17N/c1-6-11(3)10-14(7-2)15-12(4)8-9-13(15)5/h6-10H,1,4-5H2,2-3H3/b11-10-,14-7+. The highest BCUT2D eigenvalue weighted by atomic mass is 15.0. The van der Waals surface area contributed by atoms with Crippen LogP contribution in [0.5, 0.6) is 0 Å². The van der Waals surface area contributed by atoms with Crippen molar-refractivity contribution < 1.29 is 0 Å². The van der Waals surface area contributed by atoms with Gasteiger partial charge in [0.05, 0.1) is 0 Å². The molecule has 78 valence electrons. The molecular formula is C14H17N. The van der Waals surface area contributed by atoms with Crippen LogP contribution in [0.25, 0.3) is 18.9 Å². The molecule has 1 aromatic heterocycles. The van der Waals surface area contributed by atoms with Crippen molar-refractivity contribution in [2.75, 3.05) is 0 Å². The molecular weight excluding hydrogens is 182 g/mol. The predicted molar refractivity (Wildman–Crippen MR) is 68.6 cm³/mol. The van der Waals surface area contributed by atoms with Gasteiger partial charge in [0.1, 0.15) is 0 Å². The fraction of sp³-hybridized carbons (Fsp3) is 0.143. The summed E-state index contributed by atoms with van der Waals surface area (Å²) in [6.45, 7) is 15.7. The van der Waals surface area contributed by atoms with E-state index in [1.54, 1.807) is 0 Å². The summed E-state index contributed by atoms with van der Waals surface area (Å²) in [4.78, 5) is 0. The fourth-order valence-electron chi connectivity index (χ4n) is 1.43. The number of hydrogen-bond acceptors (Lipinski definition) is 0. The number of allylic oxidation sites excluding steroid dienone is 5. The maximum Gasteiger partial charge on any atom is 0.0421 e. The van der Waals surface area contributed by atoms with Crippen LogP contribution in [-0.2, 0) is 0 Å². The van der Waals surface area contributed by atoms with Crippen molar-refractivity contribution in [1.82, 2.24) is 4.57 Å². The molecule has 0 atom stereocenters. The van der Waals surface area contributed by atoms with Crippen LogP contribution in [0.15, 0.2) is 42.5 Å². The lowest BCUT2D eigenvalue weighted by Gasteiger charge is -2.06. The zero-order chi connectivity index (χ0) is 11.4. The Bertz CT molecular complexity index is 485. The van der Waals surface area contributed by atoms with Gasteiger partial charge >= 0.3 is 0 Å². The van der Waals surface area contributed by atoms with E-state index in [-0.39, 0.29) is 0 Å². The van der Waals surface area contributed by atoms with Gasteiger partial charge in [-0.15, -0.1) is 0 Å². The van der Waals surface area contributed by atoms with Crippen molar-refractivity contribution in [1.29, 1.82) is 0 Å². The van der Waals surface area contributed by atoms with Crippen LogP contribution < -0.4 is 10.7 Å². The number of aromatic nitrogens is 1. The smallest absolute Gasteiger partial charge is 0.0421 e. The Morgan fingerprint density at radius 2 is 1.80 bits per heavy atom. The molecule has 0 amide bonds. The Labute approximate surface area is 91.1 Å². The van der Waals surface area contributed by atoms with Gasteiger partial charge in [-0.05, 0) is 37.6 Å². The molecule has 0 aliphatic rings. The second kappa shape index (κ2) is 4.65. The van der Waals surface area contributed by atoms with Crippen LogP contribution in [0.2, 0.25) is 0 Å². The lowest BCUT2D eigenvalue weighted by atomic mass is 10.2. The zero-order valence-corrected chi connectivity index (χ0v) is 9.46. The molecule has 0 unspecified atom stereocenters. The van der Waals surface area contributed by atoms with E-state index in [9.17, 15) is 0 Å². The lowest BCUT2D eigenvalue weighted by Crippen LogP contribution is -2.23. The summed E-state index contributed by atoms with van der Waals surface area (Å²) < 4.78 is 2.02. The van der Waals surface area contributed by atoms with Gasteiger partial charge in [-0.3, -0.25) is 0 Å². The van der Waals surface area contributed by atoms with Crippen molar-refractivity contribution in [3.63, 3.8) is 0 Å². The minimum absolute atomic E-state index is 0.946. The molecule has 0 aromatic carbocycles. The van der Waals surface area contributed by atoms with E-state index in [4.69, 9.17) is 0 Å². The first-order chi connectivity index (χ1) is 7.10. The summed E-state index contributed by atoms with van der Waals surface area (Å²) in [6, 6.07) is 3.92. The van der Waals surface area contributed by atoms with E-state index in [1.807, 2.05) is 42.7 Å². The Balaban J connectivity index is 3.34. The molecule has 0 radical (unpaired) electrons. The van der Waals surface area contributed by atoms with Crippen molar-refractivity contribution in [2.24, 2.45) is 0 Å². The number of nitrogens with zero attached hydrogens (tertiary/aromatic N) is 1. The molecule has 0 N–H and O–H groups in total. The van der Waals surface area contributed by atoms with E-state index >= 15 is 0 Å². The Morgan fingerprint density at radius 1 is 1.27 bits per heavy atom. The minimum Gasteiger partial charge on any atom is -0.312 e. The van der Waals surface area contributed by atoms with E-state index in [1.165, 1.54) is 0 Å². The number of hydrogen-bond donors (Lipinski definition) is 0. The summed E-state index contributed by atoms with van der Waals surface area (Å²) in [7, 11) is 0. The van der Waals surface area contributed by atoms with Crippen LogP contribution in [0.1, 0.15) is 13.8 Å². The predicted octanol–water partition coefficient (Wildman–Crippen LogP) is 2.30. The van der Waals surface area contributed by atoms with Gasteiger partial charge in [0.2, 0.25) is 0 Å². The van der Waals surface area contributed by atoms with Crippen LogP contribution in [0.3, 0.4) is 0 Å². The lowest BCUT2D eigenvalue weighted by molar-refractivity contribution is 1.04. The average molecular weight is 199 g/mol. The Kier molecular flexibility index (Phi) is 3.51. The monoisotopic (exact) mass is 199 g/mol. The summed E-state index contributed by atoms with van der Waals surface area (Å²) >= 11 is 0. The van der Waals surface area contributed by atoms with Gasteiger partial charge < -0.3 is 4.57 Å². The first-order valence-electron chi connectivity index (χ1n) is 4.93. The molecule has 1 heteroatoms. The third kappa shape index (κ3) is 2.38. The molecule has 1 rings (SSSR count). The van der Waals surface area contributed by atoms with Crippen LogP contribution in [-0.4, -0.2) is 4.57 Å². The molecule has 0 saturated carbocycles. The summed E-state index contributed by atoms with van der Waals surface area (Å²) in [5.41, 5.74) is 2.20. The van der Waals surface area contributed by atoms with Gasteiger partial charge in [0, 0.05) is 16.4 Å². The summed E-state index contributed by atoms with van der Waals surface area (Å²) in [5.74, 6) is 0. The quantitative estimate of drug-likeness (QED) is 0.658. The molecule has 0 aliphatic heterocycles. The van der Waals surface area contributed by atoms with Crippen molar-refractivity contribution in [3.8, 4) is 0 Å². The second-order valence-corrected chi connectivity index (χ2v) is 3.46. The van der Waals surface area contributed by atoms with E-state index in [0.717, 1.165) is 22.0 Å². The van der Waals surface area contributed by atoms with Crippen LogP contribution in [0.4, 0.5) is 0 Å². The molecule has 15 heavy (non-hydrogen) atoms. The van der Waals surface area contributed by atoms with Crippen LogP contribution >= 0.6 is 0 Å². The molecule has 0 aliphatic carbocycles. The molecule has 0 bridgehead atoms. The van der Waals surface area contributed by atoms with Crippen LogP contribution in [0, 0.1) is 0 Å². The third-order valence-corrected chi connectivity index (χ3v) is 2.29. The summed E-state index contributed by atoms with van der Waals surface area (Å²) in [6.07, 6.45) is 5.94. The highest BCUT2D eigenvalue weighted by Gasteiger charge is 1.97. The normalized spacial score (nSPS) is 12.9.